The maximum absolute atomic E-state index is 14.6. The van der Waals surface area contributed by atoms with Crippen molar-refractivity contribution in [3.05, 3.63) is 83.9 Å². The zero-order chi connectivity index (χ0) is 36.4. The van der Waals surface area contributed by atoms with Gasteiger partial charge in [0, 0.05) is 57.6 Å². The van der Waals surface area contributed by atoms with Gasteiger partial charge in [0.25, 0.3) is 0 Å². The summed E-state index contributed by atoms with van der Waals surface area (Å²) in [5, 5.41) is 8.35. The van der Waals surface area contributed by atoms with Crippen molar-refractivity contribution in [1.29, 1.82) is 0 Å². The van der Waals surface area contributed by atoms with Gasteiger partial charge in [-0.2, -0.15) is 0 Å². The Morgan fingerprint density at radius 1 is 0.863 bits per heavy atom. The van der Waals surface area contributed by atoms with Crippen LogP contribution in [0.15, 0.2) is 72.8 Å². The van der Waals surface area contributed by atoms with Gasteiger partial charge in [0.2, 0.25) is 17.7 Å². The van der Waals surface area contributed by atoms with Crippen molar-refractivity contribution in [3.8, 4) is 0 Å². The van der Waals surface area contributed by atoms with E-state index in [-0.39, 0.29) is 42.4 Å². The number of urea groups is 1. The van der Waals surface area contributed by atoms with Crippen LogP contribution in [-0.2, 0) is 27.2 Å². The predicted molar refractivity (Wildman–Crippen MR) is 201 cm³/mol. The van der Waals surface area contributed by atoms with E-state index >= 15 is 0 Å². The SMILES string of the molecule is CCNC(=O)[C@]1(Cc2ccccc2)CCCN(C(=O)[C@@H](Cc2ccc3ccccc3c2)NC(=O)N2CC(C)N(C(=O)CCCCC[NH3+])C(C)C2)C1. The van der Waals surface area contributed by atoms with Gasteiger partial charge in [0.05, 0.1) is 12.0 Å². The summed E-state index contributed by atoms with van der Waals surface area (Å²) in [4.78, 5) is 61.0. The van der Waals surface area contributed by atoms with Crippen LogP contribution < -0.4 is 16.4 Å². The molecular formula is C41H57N6O4+. The van der Waals surface area contributed by atoms with Crippen LogP contribution in [0.4, 0.5) is 4.79 Å². The van der Waals surface area contributed by atoms with Crippen molar-refractivity contribution in [1.82, 2.24) is 25.3 Å². The molecule has 4 atom stereocenters. The molecule has 0 saturated carbocycles. The highest BCUT2D eigenvalue weighted by Gasteiger charge is 2.45. The number of nitrogens with zero attached hydrogens (tertiary/aromatic N) is 3. The third-order valence-corrected chi connectivity index (χ3v) is 10.6. The minimum absolute atomic E-state index is 0.0424. The molecule has 2 aliphatic rings. The lowest BCUT2D eigenvalue weighted by atomic mass is 9.74. The lowest BCUT2D eigenvalue weighted by Gasteiger charge is -2.45. The first kappa shape index (κ1) is 37.8. The molecule has 3 aromatic carbocycles. The fourth-order valence-electron chi connectivity index (χ4n) is 8.07. The van der Waals surface area contributed by atoms with Gasteiger partial charge in [-0.3, -0.25) is 14.4 Å². The normalized spacial score (nSPS) is 21.3. The zero-order valence-electron chi connectivity index (χ0n) is 30.7. The number of hydrogen-bond acceptors (Lipinski definition) is 4. The number of quaternary nitrogens is 1. The van der Waals surface area contributed by atoms with E-state index in [9.17, 15) is 19.2 Å². The van der Waals surface area contributed by atoms with Crippen LogP contribution in [0.1, 0.15) is 70.4 Å². The Labute approximate surface area is 303 Å². The molecule has 5 amide bonds. The Balaban J connectivity index is 1.36. The van der Waals surface area contributed by atoms with Crippen LogP contribution in [0.5, 0.6) is 0 Å². The Morgan fingerprint density at radius 3 is 2.27 bits per heavy atom. The second-order valence-electron chi connectivity index (χ2n) is 14.6. The van der Waals surface area contributed by atoms with Gasteiger partial charge in [-0.15, -0.1) is 0 Å². The van der Waals surface area contributed by atoms with Gasteiger partial charge in [-0.1, -0.05) is 72.8 Å². The van der Waals surface area contributed by atoms with E-state index in [1.165, 1.54) is 0 Å². The topological polar surface area (TPSA) is 130 Å². The summed E-state index contributed by atoms with van der Waals surface area (Å²) in [5.41, 5.74) is 5.11. The lowest BCUT2D eigenvalue weighted by Crippen LogP contribution is -2.63. The zero-order valence-corrected chi connectivity index (χ0v) is 30.7. The number of rotatable bonds is 13. The third-order valence-electron chi connectivity index (χ3n) is 10.6. The Bertz CT molecular complexity index is 1640. The molecule has 5 N–H and O–H groups in total. The molecule has 2 saturated heterocycles. The summed E-state index contributed by atoms with van der Waals surface area (Å²) >= 11 is 0. The number of benzene rings is 3. The summed E-state index contributed by atoms with van der Waals surface area (Å²) < 4.78 is 0. The van der Waals surface area contributed by atoms with Crippen molar-refractivity contribution in [2.45, 2.75) is 90.3 Å². The molecule has 274 valence electrons. The molecule has 2 fully saturated rings. The van der Waals surface area contributed by atoms with Crippen LogP contribution in [0, 0.1) is 5.41 Å². The minimum atomic E-state index is -0.834. The van der Waals surface area contributed by atoms with Crippen LogP contribution in [0.2, 0.25) is 0 Å². The number of piperazine rings is 1. The van der Waals surface area contributed by atoms with Crippen molar-refractivity contribution in [2.75, 3.05) is 39.3 Å². The number of likely N-dealkylation sites (tertiary alicyclic amines) is 1. The van der Waals surface area contributed by atoms with E-state index in [0.29, 0.717) is 58.3 Å². The van der Waals surface area contributed by atoms with Gasteiger partial charge < -0.3 is 31.1 Å². The highest BCUT2D eigenvalue weighted by molar-refractivity contribution is 5.90. The second-order valence-corrected chi connectivity index (χ2v) is 14.6. The maximum atomic E-state index is 14.6. The Kier molecular flexibility index (Phi) is 13.1. The first-order valence-electron chi connectivity index (χ1n) is 18.9. The smallest absolute Gasteiger partial charge is 0.318 e. The molecule has 5 rings (SSSR count). The monoisotopic (exact) mass is 697 g/mol. The molecule has 3 aromatic rings. The van der Waals surface area contributed by atoms with E-state index in [1.807, 2.05) is 86.3 Å². The molecular weight excluding hydrogens is 640 g/mol. The quantitative estimate of drug-likeness (QED) is 0.232. The molecule has 0 spiro atoms. The molecule has 2 aliphatic heterocycles. The minimum Gasteiger partial charge on any atom is -0.358 e. The van der Waals surface area contributed by atoms with Crippen molar-refractivity contribution < 1.29 is 24.9 Å². The van der Waals surface area contributed by atoms with E-state index in [4.69, 9.17) is 0 Å². The van der Waals surface area contributed by atoms with Gasteiger partial charge in [0.1, 0.15) is 6.04 Å². The molecule has 10 heteroatoms. The van der Waals surface area contributed by atoms with E-state index in [0.717, 1.165) is 47.7 Å². The van der Waals surface area contributed by atoms with Crippen molar-refractivity contribution >= 4 is 34.5 Å². The van der Waals surface area contributed by atoms with Crippen LogP contribution in [-0.4, -0.2) is 95.8 Å². The summed E-state index contributed by atoms with van der Waals surface area (Å²) in [6, 6.07) is 22.8. The Morgan fingerprint density at radius 2 is 1.57 bits per heavy atom. The van der Waals surface area contributed by atoms with Gasteiger partial charge in [-0.05, 0) is 81.2 Å². The molecule has 0 aliphatic carbocycles. The summed E-state index contributed by atoms with van der Waals surface area (Å²) in [7, 11) is 0. The average Bonchev–Trinajstić information content (AvgIpc) is 3.13. The van der Waals surface area contributed by atoms with Crippen molar-refractivity contribution in [3.63, 3.8) is 0 Å². The number of hydrogen-bond donors (Lipinski definition) is 3. The summed E-state index contributed by atoms with van der Waals surface area (Å²) in [6.45, 7) is 8.85. The highest BCUT2D eigenvalue weighted by atomic mass is 16.2. The molecule has 0 aromatic heterocycles. The van der Waals surface area contributed by atoms with Gasteiger partial charge in [0.15, 0.2) is 0 Å². The molecule has 2 heterocycles. The Hall–Kier alpha value is -4.44. The molecule has 0 bridgehead atoms. The van der Waals surface area contributed by atoms with Crippen LogP contribution in [0.25, 0.3) is 10.8 Å². The van der Waals surface area contributed by atoms with Gasteiger partial charge >= 0.3 is 6.03 Å². The highest BCUT2D eigenvalue weighted by Crippen LogP contribution is 2.35. The summed E-state index contributed by atoms with van der Waals surface area (Å²) in [5.74, 6) is -0.103. The maximum Gasteiger partial charge on any atom is 0.318 e. The summed E-state index contributed by atoms with van der Waals surface area (Å²) in [6.07, 6.45) is 5.55. The molecule has 2 unspecified atom stereocenters. The van der Waals surface area contributed by atoms with Crippen molar-refractivity contribution in [2.24, 2.45) is 5.41 Å². The third kappa shape index (κ3) is 9.47. The number of carbonyl (C=O) groups excluding carboxylic acids is 4. The van der Waals surface area contributed by atoms with Crippen LogP contribution in [0.3, 0.4) is 0 Å². The van der Waals surface area contributed by atoms with Crippen LogP contribution >= 0.6 is 0 Å². The first-order valence-corrected chi connectivity index (χ1v) is 18.9. The molecule has 51 heavy (non-hydrogen) atoms. The number of unbranched alkanes of at least 4 members (excludes halogenated alkanes) is 2. The average molecular weight is 698 g/mol. The number of fused-ring (bicyclic) bond motifs is 1. The molecule has 0 radical (unpaired) electrons. The lowest BCUT2D eigenvalue weighted by molar-refractivity contribution is -0.368. The molecule has 10 nitrogen and oxygen atoms in total. The number of piperidine rings is 1. The largest absolute Gasteiger partial charge is 0.358 e. The van der Waals surface area contributed by atoms with Gasteiger partial charge in [-0.25, -0.2) is 4.79 Å². The van der Waals surface area contributed by atoms with E-state index in [2.05, 4.69) is 28.5 Å². The fourth-order valence-corrected chi connectivity index (χ4v) is 8.07. The first-order chi connectivity index (χ1) is 24.6. The second kappa shape index (κ2) is 17.7. The number of carbonyl (C=O) groups is 4. The standard InChI is InChI=1S/C41H56N6O4/c1-4-43-39(50)41(26-32-14-7-5-8-15-32)21-13-23-45(29-41)38(49)36(25-33-19-20-34-16-10-11-17-35(34)24-33)44-40(51)46-27-30(2)47(31(3)28-46)37(48)18-9-6-12-22-42/h5,7-8,10-11,14-17,19-20,24,30-31,36H,4,6,9,12-13,18,21-23,25-29,42H2,1-3H3,(H,43,50)(H,44,51)/p+1/t30?,31?,36-,41+/m1/s1. The van der Waals surface area contributed by atoms with E-state index < -0.39 is 11.5 Å². The fraction of sp³-hybridized carbons (Fsp3) is 0.512. The number of nitrogens with one attached hydrogen (secondary N) is 2. The predicted octanol–water partition coefficient (Wildman–Crippen LogP) is 4.17. The number of amides is 5. The van der Waals surface area contributed by atoms with E-state index in [1.54, 1.807) is 9.80 Å².